The van der Waals surface area contributed by atoms with Crippen molar-refractivity contribution in [3.8, 4) is 0 Å². The van der Waals surface area contributed by atoms with E-state index in [1.165, 1.54) is 97.1 Å². The molecule has 4 rings (SSSR count). The molecular formula is C31H24N2O11S2. The van der Waals surface area contributed by atoms with E-state index in [1.807, 2.05) is 9.44 Å². The van der Waals surface area contributed by atoms with Crippen molar-refractivity contribution in [2.75, 3.05) is 13.2 Å². The molecule has 0 radical (unpaired) electrons. The highest BCUT2D eigenvalue weighted by molar-refractivity contribution is 7.90. The van der Waals surface area contributed by atoms with Crippen LogP contribution in [0.15, 0.2) is 119 Å². The van der Waals surface area contributed by atoms with Crippen LogP contribution in [0.25, 0.3) is 0 Å². The summed E-state index contributed by atoms with van der Waals surface area (Å²) in [5.74, 6) is -4.45. The van der Waals surface area contributed by atoms with Crippen molar-refractivity contribution in [3.63, 3.8) is 0 Å². The number of nitrogens with one attached hydrogen (secondary N) is 2. The first-order valence-electron chi connectivity index (χ1n) is 13.2. The van der Waals surface area contributed by atoms with E-state index in [9.17, 15) is 40.8 Å². The Hall–Kier alpha value is -5.67. The number of rotatable bonds is 12. The standard InChI is InChI=1S/C31H24N2O11S2/c34-25(19-43-30(37)23-15-11-21(12-16-23)28(35)32-45(39,40)26-7-3-1-4-8-26)20-44-31(38)24-17-13-22(14-18-24)29(36)33-46(41,42)27-9-5-2-6-10-27/h1-18H,19-20H2,(H,32,35)(H,33,36). The van der Waals surface area contributed by atoms with E-state index in [0.29, 0.717) is 0 Å². The Morgan fingerprint density at radius 2 is 0.761 bits per heavy atom. The minimum Gasteiger partial charge on any atom is -0.454 e. The van der Waals surface area contributed by atoms with Crippen LogP contribution in [0.4, 0.5) is 0 Å². The van der Waals surface area contributed by atoms with Gasteiger partial charge in [0.1, 0.15) is 0 Å². The summed E-state index contributed by atoms with van der Waals surface area (Å²) >= 11 is 0. The lowest BCUT2D eigenvalue weighted by molar-refractivity contribution is -0.125. The number of amides is 2. The Morgan fingerprint density at radius 3 is 1.09 bits per heavy atom. The second-order valence-corrected chi connectivity index (χ2v) is 12.7. The van der Waals surface area contributed by atoms with Gasteiger partial charge in [0.25, 0.3) is 31.9 Å². The molecular weight excluding hydrogens is 640 g/mol. The van der Waals surface area contributed by atoms with Crippen molar-refractivity contribution < 1.29 is 50.3 Å². The van der Waals surface area contributed by atoms with Crippen molar-refractivity contribution >= 4 is 49.6 Å². The van der Waals surface area contributed by atoms with Crippen LogP contribution < -0.4 is 9.44 Å². The molecule has 0 aromatic heterocycles. The molecule has 46 heavy (non-hydrogen) atoms. The van der Waals surface area contributed by atoms with Crippen LogP contribution in [0.3, 0.4) is 0 Å². The van der Waals surface area contributed by atoms with Crippen LogP contribution in [0.2, 0.25) is 0 Å². The average Bonchev–Trinajstić information content (AvgIpc) is 3.06. The first-order chi connectivity index (χ1) is 21.9. The van der Waals surface area contributed by atoms with Gasteiger partial charge in [0.05, 0.1) is 20.9 Å². The van der Waals surface area contributed by atoms with Gasteiger partial charge in [0, 0.05) is 11.1 Å². The Balaban J connectivity index is 1.22. The van der Waals surface area contributed by atoms with Crippen LogP contribution in [0, 0.1) is 0 Å². The van der Waals surface area contributed by atoms with E-state index >= 15 is 0 Å². The fourth-order valence-electron chi connectivity index (χ4n) is 3.69. The van der Waals surface area contributed by atoms with E-state index in [4.69, 9.17) is 9.47 Å². The maximum atomic E-state index is 12.4. The summed E-state index contributed by atoms with van der Waals surface area (Å²) < 4.78 is 63.0. The second-order valence-electron chi connectivity index (χ2n) is 9.34. The first-order valence-corrected chi connectivity index (χ1v) is 16.1. The number of benzene rings is 4. The van der Waals surface area contributed by atoms with Gasteiger partial charge in [-0.05, 0) is 72.8 Å². The second kappa shape index (κ2) is 14.4. The summed E-state index contributed by atoms with van der Waals surface area (Å²) in [7, 11) is -8.21. The lowest BCUT2D eigenvalue weighted by Crippen LogP contribution is -2.30. The van der Waals surface area contributed by atoms with Crippen molar-refractivity contribution in [1.29, 1.82) is 0 Å². The van der Waals surface area contributed by atoms with E-state index in [-0.39, 0.29) is 32.0 Å². The molecule has 0 fully saturated rings. The molecule has 0 aliphatic heterocycles. The summed E-state index contributed by atoms with van der Waals surface area (Å²) in [5, 5.41) is 0. The highest BCUT2D eigenvalue weighted by Gasteiger charge is 2.21. The molecule has 0 saturated heterocycles. The van der Waals surface area contributed by atoms with E-state index < -0.39 is 62.8 Å². The number of carbonyl (C=O) groups is 5. The number of ketones is 1. The lowest BCUT2D eigenvalue weighted by atomic mass is 10.1. The number of carbonyl (C=O) groups excluding carboxylic acids is 5. The quantitative estimate of drug-likeness (QED) is 0.211. The van der Waals surface area contributed by atoms with Gasteiger partial charge in [-0.25, -0.2) is 35.9 Å². The summed E-state index contributed by atoms with van der Waals surface area (Å²) in [4.78, 5) is 61.3. The summed E-state index contributed by atoms with van der Waals surface area (Å²) in [6, 6.07) is 24.2. The Labute approximate surface area is 263 Å². The minimum atomic E-state index is -4.10. The summed E-state index contributed by atoms with van der Waals surface area (Å²) in [6.45, 7) is -1.47. The Kier molecular flexibility index (Phi) is 10.4. The van der Waals surface area contributed by atoms with Crippen molar-refractivity contribution in [3.05, 3.63) is 131 Å². The lowest BCUT2D eigenvalue weighted by Gasteiger charge is -2.09. The smallest absolute Gasteiger partial charge is 0.338 e. The van der Waals surface area contributed by atoms with E-state index in [1.54, 1.807) is 12.1 Å². The molecule has 0 unspecified atom stereocenters. The van der Waals surface area contributed by atoms with Gasteiger partial charge in [-0.3, -0.25) is 14.4 Å². The third-order valence-corrected chi connectivity index (χ3v) is 8.75. The monoisotopic (exact) mass is 664 g/mol. The number of sulfonamides is 2. The van der Waals surface area contributed by atoms with Gasteiger partial charge >= 0.3 is 11.9 Å². The molecule has 0 saturated carbocycles. The largest absolute Gasteiger partial charge is 0.454 e. The average molecular weight is 665 g/mol. The molecule has 0 spiro atoms. The number of Topliss-reactive ketones (excluding diaryl/α,β-unsaturated/α-hetero) is 1. The molecule has 15 heteroatoms. The highest BCUT2D eigenvalue weighted by atomic mass is 32.2. The minimum absolute atomic E-state index is 0.0343. The van der Waals surface area contributed by atoms with Gasteiger partial charge in [-0.15, -0.1) is 0 Å². The molecule has 4 aromatic rings. The van der Waals surface area contributed by atoms with Gasteiger partial charge in [-0.2, -0.15) is 0 Å². The molecule has 236 valence electrons. The Morgan fingerprint density at radius 1 is 0.457 bits per heavy atom. The topological polar surface area (TPSA) is 196 Å². The normalized spacial score (nSPS) is 11.1. The number of hydrogen-bond donors (Lipinski definition) is 2. The van der Waals surface area contributed by atoms with Crippen LogP contribution in [0.1, 0.15) is 41.4 Å². The van der Waals surface area contributed by atoms with Crippen molar-refractivity contribution in [2.24, 2.45) is 0 Å². The molecule has 2 amide bonds. The Bertz CT molecular complexity index is 1830. The molecule has 2 N–H and O–H groups in total. The summed E-state index contributed by atoms with van der Waals surface area (Å²) in [5.41, 5.74) is -0.171. The number of ether oxygens (including phenoxy) is 2. The molecule has 0 aliphatic carbocycles. The van der Waals surface area contributed by atoms with Gasteiger partial charge in [-0.1, -0.05) is 36.4 Å². The summed E-state index contributed by atoms with van der Waals surface area (Å²) in [6.07, 6.45) is 0. The molecule has 4 aromatic carbocycles. The molecule has 13 nitrogen and oxygen atoms in total. The molecule has 0 bridgehead atoms. The van der Waals surface area contributed by atoms with E-state index in [2.05, 4.69) is 0 Å². The zero-order valence-electron chi connectivity index (χ0n) is 23.6. The first kappa shape index (κ1) is 33.2. The predicted octanol–water partition coefficient (Wildman–Crippen LogP) is 2.51. The van der Waals surface area contributed by atoms with E-state index in [0.717, 1.165) is 0 Å². The molecule has 0 aliphatic rings. The van der Waals surface area contributed by atoms with Crippen molar-refractivity contribution in [1.82, 2.24) is 9.44 Å². The fourth-order valence-corrected chi connectivity index (χ4v) is 5.69. The zero-order chi connectivity index (χ0) is 33.3. The highest BCUT2D eigenvalue weighted by Crippen LogP contribution is 2.12. The molecule has 0 atom stereocenters. The van der Waals surface area contributed by atoms with Gasteiger partial charge in [0.15, 0.2) is 13.2 Å². The fraction of sp³-hybridized carbons (Fsp3) is 0.0645. The maximum absolute atomic E-state index is 12.4. The maximum Gasteiger partial charge on any atom is 0.338 e. The van der Waals surface area contributed by atoms with Gasteiger partial charge < -0.3 is 9.47 Å². The van der Waals surface area contributed by atoms with Gasteiger partial charge in [0.2, 0.25) is 5.78 Å². The van der Waals surface area contributed by atoms with Crippen molar-refractivity contribution in [2.45, 2.75) is 9.79 Å². The van der Waals surface area contributed by atoms with Crippen LogP contribution in [0.5, 0.6) is 0 Å². The predicted molar refractivity (Wildman–Crippen MR) is 161 cm³/mol. The third-order valence-electron chi connectivity index (χ3n) is 6.06. The third kappa shape index (κ3) is 8.71. The van der Waals surface area contributed by atoms with Crippen LogP contribution in [-0.4, -0.2) is 59.6 Å². The zero-order valence-corrected chi connectivity index (χ0v) is 25.2. The molecule has 0 heterocycles. The van der Waals surface area contributed by atoms with Crippen LogP contribution >= 0.6 is 0 Å². The number of esters is 2. The van der Waals surface area contributed by atoms with Crippen LogP contribution in [-0.2, 0) is 34.3 Å². The number of hydrogen-bond acceptors (Lipinski definition) is 11. The SMILES string of the molecule is O=C(COC(=O)c1ccc(C(=O)NS(=O)(=O)c2ccccc2)cc1)COC(=O)c1ccc(C(=O)NS(=O)(=O)c2ccccc2)cc1.